The number of alkyl halides is 3. The molecule has 3 aromatic rings. The second kappa shape index (κ2) is 10.8. The van der Waals surface area contributed by atoms with Crippen molar-refractivity contribution < 1.29 is 22.8 Å². The number of piperidine rings is 1. The van der Waals surface area contributed by atoms with Gasteiger partial charge in [0.2, 0.25) is 11.8 Å². The minimum Gasteiger partial charge on any atom is -0.373 e. The molecule has 2 amide bonds. The molecule has 2 aromatic carbocycles. The molecule has 0 aliphatic carbocycles. The average Bonchev–Trinajstić information content (AvgIpc) is 2.88. The van der Waals surface area contributed by atoms with E-state index in [1.807, 2.05) is 60.7 Å². The fourth-order valence-electron chi connectivity index (χ4n) is 4.41. The van der Waals surface area contributed by atoms with Crippen LogP contribution in [-0.2, 0) is 9.59 Å². The number of carbonyl (C=O) groups is 2. The SMILES string of the molecule is CN(C(=O)[C@H]1CCC(=O)NC1)C(c1ccc(NC(c2ccccc2)c2ccccc2)cn1)C(F)(F)F. The highest BCUT2D eigenvalue weighted by Crippen LogP contribution is 2.37. The van der Waals surface area contributed by atoms with Crippen molar-refractivity contribution in [2.24, 2.45) is 5.92 Å². The van der Waals surface area contributed by atoms with E-state index in [0.717, 1.165) is 18.2 Å². The van der Waals surface area contributed by atoms with Crippen molar-refractivity contribution in [3.63, 3.8) is 0 Å². The second-order valence-corrected chi connectivity index (χ2v) is 8.80. The Balaban J connectivity index is 1.56. The topological polar surface area (TPSA) is 74.3 Å². The number of amides is 2. The van der Waals surface area contributed by atoms with E-state index in [4.69, 9.17) is 0 Å². The van der Waals surface area contributed by atoms with Crippen molar-refractivity contribution in [1.82, 2.24) is 15.2 Å². The summed E-state index contributed by atoms with van der Waals surface area (Å²) in [4.78, 5) is 29.0. The lowest BCUT2D eigenvalue weighted by atomic mass is 9.96. The highest BCUT2D eigenvalue weighted by Gasteiger charge is 2.47. The molecule has 2 heterocycles. The maximum Gasteiger partial charge on any atom is 0.414 e. The van der Waals surface area contributed by atoms with Crippen LogP contribution < -0.4 is 10.6 Å². The Morgan fingerprint density at radius 3 is 2.11 bits per heavy atom. The number of hydrogen-bond donors (Lipinski definition) is 2. The van der Waals surface area contributed by atoms with E-state index in [1.165, 1.54) is 12.3 Å². The Bertz CT molecular complexity index is 1120. The number of aromatic nitrogens is 1. The standard InChI is InChI=1S/C27H27F3N4O2/c1-34(26(36)20-12-15-23(35)32-16-20)25(27(28,29)30)22-14-13-21(17-31-22)33-24(18-8-4-2-5-9-18)19-10-6-3-7-11-19/h2-11,13-14,17,20,24-25,33H,12,15-16H2,1H3,(H,32,35)/t20-,25?/m0/s1. The van der Waals surface area contributed by atoms with Crippen LogP contribution in [0, 0.1) is 5.92 Å². The third-order valence-electron chi connectivity index (χ3n) is 6.30. The van der Waals surface area contributed by atoms with Gasteiger partial charge in [0.1, 0.15) is 0 Å². The van der Waals surface area contributed by atoms with E-state index in [-0.39, 0.29) is 37.0 Å². The number of nitrogens with zero attached hydrogens (tertiary/aromatic N) is 2. The van der Waals surface area contributed by atoms with Crippen LogP contribution >= 0.6 is 0 Å². The van der Waals surface area contributed by atoms with Crippen LogP contribution in [0.2, 0.25) is 0 Å². The van der Waals surface area contributed by atoms with Gasteiger partial charge in [-0.2, -0.15) is 13.2 Å². The summed E-state index contributed by atoms with van der Waals surface area (Å²) in [5, 5.41) is 5.91. The van der Waals surface area contributed by atoms with Gasteiger partial charge in [0.25, 0.3) is 0 Å². The molecule has 1 fully saturated rings. The zero-order chi connectivity index (χ0) is 25.7. The van der Waals surface area contributed by atoms with Crippen LogP contribution in [-0.4, -0.2) is 41.5 Å². The van der Waals surface area contributed by atoms with Crippen LogP contribution in [0.15, 0.2) is 79.0 Å². The Labute approximate surface area is 207 Å². The fraction of sp³-hybridized carbons (Fsp3) is 0.296. The van der Waals surface area contributed by atoms with Crippen LogP contribution in [0.4, 0.5) is 18.9 Å². The van der Waals surface area contributed by atoms with Crippen molar-refractivity contribution in [1.29, 1.82) is 0 Å². The van der Waals surface area contributed by atoms with E-state index in [2.05, 4.69) is 15.6 Å². The van der Waals surface area contributed by atoms with Gasteiger partial charge in [-0.05, 0) is 29.7 Å². The van der Waals surface area contributed by atoms with E-state index in [9.17, 15) is 22.8 Å². The van der Waals surface area contributed by atoms with Gasteiger partial charge in [0.05, 0.1) is 29.5 Å². The van der Waals surface area contributed by atoms with E-state index >= 15 is 0 Å². The quantitative estimate of drug-likeness (QED) is 0.490. The summed E-state index contributed by atoms with van der Waals surface area (Å²) in [5.41, 5.74) is 2.25. The molecule has 1 unspecified atom stereocenters. The molecule has 188 valence electrons. The number of benzene rings is 2. The molecule has 2 N–H and O–H groups in total. The van der Waals surface area contributed by atoms with Crippen LogP contribution in [0.5, 0.6) is 0 Å². The summed E-state index contributed by atoms with van der Waals surface area (Å²) in [6.07, 6.45) is -3.03. The summed E-state index contributed by atoms with van der Waals surface area (Å²) in [5.74, 6) is -1.58. The van der Waals surface area contributed by atoms with Gasteiger partial charge < -0.3 is 15.5 Å². The summed E-state index contributed by atoms with van der Waals surface area (Å²) in [6.45, 7) is 0.0310. The van der Waals surface area contributed by atoms with E-state index in [1.54, 1.807) is 6.07 Å². The third-order valence-corrected chi connectivity index (χ3v) is 6.30. The lowest BCUT2D eigenvalue weighted by Crippen LogP contribution is -2.47. The molecule has 0 spiro atoms. The van der Waals surface area contributed by atoms with Gasteiger partial charge in [-0.25, -0.2) is 0 Å². The van der Waals surface area contributed by atoms with Gasteiger partial charge >= 0.3 is 6.18 Å². The molecule has 9 heteroatoms. The molecule has 6 nitrogen and oxygen atoms in total. The van der Waals surface area contributed by atoms with Gasteiger partial charge in [0, 0.05) is 20.0 Å². The predicted octanol–water partition coefficient (Wildman–Crippen LogP) is 4.87. The monoisotopic (exact) mass is 496 g/mol. The number of nitrogens with one attached hydrogen (secondary N) is 2. The lowest BCUT2D eigenvalue weighted by Gasteiger charge is -2.33. The molecular weight excluding hydrogens is 469 g/mol. The Kier molecular flexibility index (Phi) is 7.57. The molecule has 1 aliphatic heterocycles. The third kappa shape index (κ3) is 5.84. The molecule has 4 rings (SSSR count). The number of carbonyl (C=O) groups excluding carboxylic acids is 2. The van der Waals surface area contributed by atoms with Crippen LogP contribution in [0.25, 0.3) is 0 Å². The minimum absolute atomic E-state index is 0.0310. The summed E-state index contributed by atoms with van der Waals surface area (Å²) in [7, 11) is 1.13. The smallest absolute Gasteiger partial charge is 0.373 e. The molecular formula is C27H27F3N4O2. The lowest BCUT2D eigenvalue weighted by molar-refractivity contribution is -0.191. The Hall–Kier alpha value is -3.88. The van der Waals surface area contributed by atoms with Crippen molar-refractivity contribution in [3.05, 3.63) is 95.8 Å². The maximum atomic E-state index is 14.1. The first kappa shape index (κ1) is 25.2. The number of halogens is 3. The molecule has 0 bridgehead atoms. The predicted molar refractivity (Wildman–Crippen MR) is 130 cm³/mol. The first-order chi connectivity index (χ1) is 17.2. The fourth-order valence-corrected chi connectivity index (χ4v) is 4.41. The van der Waals surface area contributed by atoms with Crippen molar-refractivity contribution in [3.8, 4) is 0 Å². The highest BCUT2D eigenvalue weighted by atomic mass is 19.4. The molecule has 2 atom stereocenters. The first-order valence-electron chi connectivity index (χ1n) is 11.7. The Morgan fingerprint density at radius 1 is 1.03 bits per heavy atom. The molecule has 1 saturated heterocycles. The zero-order valence-corrected chi connectivity index (χ0v) is 19.7. The summed E-state index contributed by atoms with van der Waals surface area (Å²) >= 11 is 0. The van der Waals surface area contributed by atoms with E-state index < -0.39 is 24.0 Å². The number of anilines is 1. The average molecular weight is 497 g/mol. The second-order valence-electron chi connectivity index (χ2n) is 8.80. The molecule has 1 aliphatic rings. The largest absolute Gasteiger partial charge is 0.414 e. The van der Waals surface area contributed by atoms with E-state index in [0.29, 0.717) is 10.6 Å². The summed E-state index contributed by atoms with van der Waals surface area (Å²) < 4.78 is 42.2. The normalized spacial score (nSPS) is 16.8. The van der Waals surface area contributed by atoms with Crippen molar-refractivity contribution in [2.45, 2.75) is 31.1 Å². The van der Waals surface area contributed by atoms with Gasteiger partial charge in [-0.1, -0.05) is 60.7 Å². The molecule has 0 radical (unpaired) electrons. The Morgan fingerprint density at radius 2 is 1.64 bits per heavy atom. The van der Waals surface area contributed by atoms with Crippen molar-refractivity contribution >= 4 is 17.5 Å². The highest BCUT2D eigenvalue weighted by molar-refractivity contribution is 5.84. The van der Waals surface area contributed by atoms with Crippen LogP contribution in [0.1, 0.15) is 41.7 Å². The number of pyridine rings is 1. The van der Waals surface area contributed by atoms with Gasteiger partial charge in [0.15, 0.2) is 6.04 Å². The van der Waals surface area contributed by atoms with Gasteiger partial charge in [-0.3, -0.25) is 14.6 Å². The zero-order valence-electron chi connectivity index (χ0n) is 19.7. The molecule has 1 aromatic heterocycles. The minimum atomic E-state index is -4.72. The van der Waals surface area contributed by atoms with Crippen molar-refractivity contribution in [2.75, 3.05) is 18.9 Å². The maximum absolute atomic E-state index is 14.1. The molecule has 0 saturated carbocycles. The molecule has 36 heavy (non-hydrogen) atoms. The first-order valence-corrected chi connectivity index (χ1v) is 11.7. The van der Waals surface area contributed by atoms with Crippen LogP contribution in [0.3, 0.4) is 0 Å². The summed E-state index contributed by atoms with van der Waals surface area (Å²) in [6, 6.07) is 19.8. The van der Waals surface area contributed by atoms with Gasteiger partial charge in [-0.15, -0.1) is 0 Å². The number of rotatable bonds is 7. The number of hydrogen-bond acceptors (Lipinski definition) is 4.